The molecule has 1 saturated carbocycles. The molecule has 0 radical (unpaired) electrons. The first kappa shape index (κ1) is 22.8. The van der Waals surface area contributed by atoms with Crippen LogP contribution in [0.1, 0.15) is 48.0 Å². The number of nitrogens with one attached hydrogen (secondary N) is 1. The first-order chi connectivity index (χ1) is 17.2. The molecule has 1 amide bonds. The molecule has 0 bridgehead atoms. The van der Waals surface area contributed by atoms with E-state index in [9.17, 15) is 17.6 Å². The molecule has 2 fully saturated rings. The summed E-state index contributed by atoms with van der Waals surface area (Å²) in [5, 5.41) is 3.82. The molecule has 2 aromatic heterocycles. The molecule has 4 aromatic rings. The molecule has 2 aliphatic rings. The van der Waals surface area contributed by atoms with E-state index in [1.165, 1.54) is 18.4 Å². The maximum atomic E-state index is 13.5. The second-order valence-electron chi connectivity index (χ2n) is 10.1. The van der Waals surface area contributed by atoms with Crippen molar-refractivity contribution in [1.29, 1.82) is 0 Å². The van der Waals surface area contributed by atoms with Gasteiger partial charge in [-0.3, -0.25) is 9.36 Å². The smallest absolute Gasteiger partial charge is 0.251 e. The van der Waals surface area contributed by atoms with Crippen molar-refractivity contribution in [2.24, 2.45) is 0 Å². The summed E-state index contributed by atoms with van der Waals surface area (Å²) >= 11 is 0. The highest BCUT2D eigenvalue weighted by Crippen LogP contribution is 2.42. The Labute approximate surface area is 208 Å². The number of aromatic nitrogens is 3. The zero-order valence-electron chi connectivity index (χ0n) is 19.7. The van der Waals surface area contributed by atoms with Crippen LogP contribution in [-0.4, -0.2) is 45.9 Å². The largest absolute Gasteiger partial charge is 0.346 e. The fourth-order valence-electron chi connectivity index (χ4n) is 5.03. The van der Waals surface area contributed by atoms with Gasteiger partial charge in [0.05, 0.1) is 35.0 Å². The zero-order valence-corrected chi connectivity index (χ0v) is 20.6. The molecule has 0 spiro atoms. The van der Waals surface area contributed by atoms with Gasteiger partial charge in [-0.15, -0.1) is 0 Å². The number of benzene rings is 2. The Hall–Kier alpha value is -3.59. The molecule has 6 rings (SSSR count). The van der Waals surface area contributed by atoms with Gasteiger partial charge < -0.3 is 5.32 Å². The van der Waals surface area contributed by atoms with Crippen LogP contribution in [0.2, 0.25) is 0 Å². The van der Waals surface area contributed by atoms with Crippen molar-refractivity contribution in [2.45, 2.75) is 37.6 Å². The fraction of sp³-hybridized carbons (Fsp3) is 0.296. The number of rotatable bonds is 5. The van der Waals surface area contributed by atoms with E-state index in [0.29, 0.717) is 23.4 Å². The molecule has 36 heavy (non-hydrogen) atoms. The van der Waals surface area contributed by atoms with E-state index < -0.39 is 21.2 Å². The highest BCUT2D eigenvalue weighted by atomic mass is 32.2. The van der Waals surface area contributed by atoms with Crippen LogP contribution in [0.25, 0.3) is 28.0 Å². The minimum atomic E-state index is -3.16. The Kier molecular flexibility index (Phi) is 5.22. The van der Waals surface area contributed by atoms with Crippen molar-refractivity contribution in [3.63, 3.8) is 0 Å². The van der Waals surface area contributed by atoms with Crippen molar-refractivity contribution < 1.29 is 17.6 Å². The maximum absolute atomic E-state index is 13.5. The van der Waals surface area contributed by atoms with Crippen molar-refractivity contribution in [1.82, 2.24) is 19.9 Å². The predicted molar refractivity (Wildman–Crippen MR) is 135 cm³/mol. The van der Waals surface area contributed by atoms with E-state index in [4.69, 9.17) is 0 Å². The monoisotopic (exact) mass is 504 g/mol. The van der Waals surface area contributed by atoms with Crippen molar-refractivity contribution in [3.05, 3.63) is 78.0 Å². The summed E-state index contributed by atoms with van der Waals surface area (Å²) in [5.41, 5.74) is 3.61. The van der Waals surface area contributed by atoms with Crippen LogP contribution in [-0.2, 0) is 9.84 Å². The number of amides is 1. The van der Waals surface area contributed by atoms with Crippen LogP contribution in [0, 0.1) is 5.82 Å². The fourth-order valence-corrected chi connectivity index (χ4v) is 7.12. The maximum Gasteiger partial charge on any atom is 0.251 e. The molecule has 1 aliphatic heterocycles. The third kappa shape index (κ3) is 4.28. The summed E-state index contributed by atoms with van der Waals surface area (Å²) in [4.78, 5) is 21.5. The Balaban J connectivity index is 1.44. The van der Waals surface area contributed by atoms with Crippen LogP contribution < -0.4 is 5.32 Å². The Morgan fingerprint density at radius 1 is 1.14 bits per heavy atom. The molecular formula is C27H25FN4O3S. The molecule has 2 aromatic carbocycles. The molecule has 1 saturated heterocycles. The number of sulfone groups is 1. The second kappa shape index (κ2) is 8.23. The van der Waals surface area contributed by atoms with E-state index in [-0.39, 0.29) is 23.4 Å². The van der Waals surface area contributed by atoms with Gasteiger partial charge in [0.25, 0.3) is 5.91 Å². The van der Waals surface area contributed by atoms with Gasteiger partial charge in [0.15, 0.2) is 15.7 Å². The lowest BCUT2D eigenvalue weighted by Gasteiger charge is -2.24. The molecule has 1 N–H and O–H groups in total. The molecule has 184 valence electrons. The quantitative estimate of drug-likeness (QED) is 0.435. The Bertz CT molecular complexity index is 1610. The topological polar surface area (TPSA) is 93.9 Å². The minimum absolute atomic E-state index is 0.0663. The average Bonchev–Trinajstić information content (AvgIpc) is 3.58. The van der Waals surface area contributed by atoms with Gasteiger partial charge in [-0.05, 0) is 55.4 Å². The van der Waals surface area contributed by atoms with Crippen LogP contribution in [0.4, 0.5) is 4.39 Å². The SMILES string of the molecule is C[C@@]1(NC(=O)c2ccc3c(-c4cccc(C5CC5)c4)cn(-c4ncc(F)cn4)c3c2)CCS(=O)(=O)C1. The van der Waals surface area contributed by atoms with E-state index in [1.807, 2.05) is 12.3 Å². The predicted octanol–water partition coefficient (Wildman–Crippen LogP) is 4.41. The van der Waals surface area contributed by atoms with Gasteiger partial charge >= 0.3 is 0 Å². The molecule has 7 nitrogen and oxygen atoms in total. The second-order valence-corrected chi connectivity index (χ2v) is 12.3. The first-order valence-electron chi connectivity index (χ1n) is 12.0. The molecule has 9 heteroatoms. The van der Waals surface area contributed by atoms with Crippen LogP contribution in [0.5, 0.6) is 0 Å². The van der Waals surface area contributed by atoms with Crippen molar-refractivity contribution >= 4 is 26.6 Å². The van der Waals surface area contributed by atoms with Gasteiger partial charge in [0.2, 0.25) is 5.95 Å². The average molecular weight is 505 g/mol. The normalized spacial score (nSPS) is 21.1. The van der Waals surface area contributed by atoms with Crippen LogP contribution in [0.15, 0.2) is 61.1 Å². The highest BCUT2D eigenvalue weighted by Gasteiger charge is 2.39. The standard InChI is InChI=1S/C27H25FN4O3S/c1-27(9-10-36(34,35)16-27)31-25(33)20-7-8-22-23(19-4-2-3-18(11-19)17-5-6-17)15-32(24(22)12-20)26-29-13-21(28)14-30-26/h2-4,7-8,11-15,17H,5-6,9-10,16H2,1H3,(H,31,33)/t27-/m1/s1. The number of nitrogens with zero attached hydrogens (tertiary/aromatic N) is 3. The van der Waals surface area contributed by atoms with Crippen LogP contribution >= 0.6 is 0 Å². The molecule has 1 atom stereocenters. The summed E-state index contributed by atoms with van der Waals surface area (Å²) < 4.78 is 39.2. The van der Waals surface area contributed by atoms with Gasteiger partial charge in [0, 0.05) is 22.7 Å². The molecular weight excluding hydrogens is 479 g/mol. The Morgan fingerprint density at radius 2 is 1.92 bits per heavy atom. The number of fused-ring (bicyclic) bond motifs is 1. The number of carbonyl (C=O) groups excluding carboxylic acids is 1. The van der Waals surface area contributed by atoms with E-state index in [0.717, 1.165) is 28.9 Å². The van der Waals surface area contributed by atoms with E-state index in [1.54, 1.807) is 23.6 Å². The highest BCUT2D eigenvalue weighted by molar-refractivity contribution is 7.91. The number of halogens is 1. The summed E-state index contributed by atoms with van der Waals surface area (Å²) in [6.07, 6.45) is 6.92. The van der Waals surface area contributed by atoms with Gasteiger partial charge in [-0.25, -0.2) is 22.8 Å². The number of hydrogen-bond acceptors (Lipinski definition) is 5. The van der Waals surface area contributed by atoms with Gasteiger partial charge in [-0.1, -0.05) is 30.3 Å². The minimum Gasteiger partial charge on any atom is -0.346 e. The lowest BCUT2D eigenvalue weighted by molar-refractivity contribution is 0.0915. The zero-order chi connectivity index (χ0) is 25.1. The summed E-state index contributed by atoms with van der Waals surface area (Å²) in [6, 6.07) is 13.8. The first-order valence-corrected chi connectivity index (χ1v) is 13.8. The van der Waals surface area contributed by atoms with Crippen LogP contribution in [0.3, 0.4) is 0 Å². The van der Waals surface area contributed by atoms with E-state index >= 15 is 0 Å². The lowest BCUT2D eigenvalue weighted by atomic mass is 9.99. The van der Waals surface area contributed by atoms with Gasteiger partial charge in [0.1, 0.15) is 0 Å². The summed E-state index contributed by atoms with van der Waals surface area (Å²) in [5.74, 6) is 0.00713. The molecule has 0 unspecified atom stereocenters. The number of hydrogen-bond donors (Lipinski definition) is 1. The van der Waals surface area contributed by atoms with Crippen molar-refractivity contribution in [2.75, 3.05) is 11.5 Å². The molecule has 1 aliphatic carbocycles. The third-order valence-corrected chi connectivity index (χ3v) is 8.96. The lowest BCUT2D eigenvalue weighted by Crippen LogP contribution is -2.46. The number of carbonyl (C=O) groups is 1. The van der Waals surface area contributed by atoms with E-state index in [2.05, 4.69) is 39.6 Å². The van der Waals surface area contributed by atoms with Crippen molar-refractivity contribution in [3.8, 4) is 17.1 Å². The molecule has 3 heterocycles. The van der Waals surface area contributed by atoms with Gasteiger partial charge in [-0.2, -0.15) is 0 Å². The Morgan fingerprint density at radius 3 is 2.61 bits per heavy atom. The summed E-state index contributed by atoms with van der Waals surface area (Å²) in [7, 11) is -3.16. The summed E-state index contributed by atoms with van der Waals surface area (Å²) in [6.45, 7) is 1.76. The third-order valence-electron chi connectivity index (χ3n) is 7.06.